The van der Waals surface area contributed by atoms with Crippen molar-refractivity contribution in [3.63, 3.8) is 0 Å². The third kappa shape index (κ3) is 6.77. The highest BCUT2D eigenvalue weighted by Gasteiger charge is 2.21. The molecule has 5 heteroatoms. The average Bonchev–Trinajstić information content (AvgIpc) is 2.28. The molecule has 1 unspecified atom stereocenters. The summed E-state index contributed by atoms with van der Waals surface area (Å²) in [5.74, 6) is 1.11. The maximum atomic E-state index is 11.9. The third-order valence-corrected chi connectivity index (χ3v) is 5.41. The van der Waals surface area contributed by atoms with Crippen molar-refractivity contribution < 1.29 is 8.42 Å². The number of nitrogens with one attached hydrogen (secondary N) is 1. The molecule has 0 radical (unpaired) electrons. The van der Waals surface area contributed by atoms with Gasteiger partial charge in [-0.25, -0.2) is 13.1 Å². The lowest BCUT2D eigenvalue weighted by atomic mass is 9.91. The van der Waals surface area contributed by atoms with Gasteiger partial charge in [-0.3, -0.25) is 0 Å². The molecule has 0 bridgehead atoms. The van der Waals surface area contributed by atoms with Crippen molar-refractivity contribution >= 4 is 26.0 Å². The summed E-state index contributed by atoms with van der Waals surface area (Å²) in [5, 5.41) is 0.929. The number of hydrogen-bond acceptors (Lipinski definition) is 2. The van der Waals surface area contributed by atoms with Crippen molar-refractivity contribution in [2.75, 3.05) is 17.6 Å². The fourth-order valence-corrected chi connectivity index (χ4v) is 4.67. The van der Waals surface area contributed by atoms with E-state index in [9.17, 15) is 8.42 Å². The van der Waals surface area contributed by atoms with E-state index in [1.807, 2.05) is 0 Å². The first-order valence-corrected chi connectivity index (χ1v) is 9.34. The zero-order valence-electron chi connectivity index (χ0n) is 10.6. The molecule has 0 spiro atoms. The molecule has 0 heterocycles. The summed E-state index contributed by atoms with van der Waals surface area (Å²) in [6, 6.07) is 0. The molecule has 1 atom stereocenters. The van der Waals surface area contributed by atoms with Gasteiger partial charge in [0.1, 0.15) is 0 Å². The van der Waals surface area contributed by atoms with Crippen molar-refractivity contribution in [1.29, 1.82) is 0 Å². The summed E-state index contributed by atoms with van der Waals surface area (Å²) in [7, 11) is -3.06. The van der Waals surface area contributed by atoms with Gasteiger partial charge in [0.25, 0.3) is 0 Å². The molecule has 1 N–H and O–H groups in total. The summed E-state index contributed by atoms with van der Waals surface area (Å²) in [6.07, 6.45) is 6.83. The summed E-state index contributed by atoms with van der Waals surface area (Å²) in [4.78, 5) is 0. The molecule has 1 fully saturated rings. The first-order chi connectivity index (χ1) is 8.03. The molecule has 1 saturated carbocycles. The second kappa shape index (κ2) is 7.74. The van der Waals surface area contributed by atoms with Crippen LogP contribution in [0.5, 0.6) is 0 Å². The number of rotatable bonds is 7. The Morgan fingerprint density at radius 3 is 2.53 bits per heavy atom. The number of hydrogen-bond donors (Lipinski definition) is 1. The molecule has 0 saturated heterocycles. The molecule has 0 aromatic rings. The van der Waals surface area contributed by atoms with Crippen molar-refractivity contribution in [1.82, 2.24) is 4.72 Å². The number of sulfonamides is 1. The fourth-order valence-electron chi connectivity index (χ4n) is 2.28. The van der Waals surface area contributed by atoms with Gasteiger partial charge in [0, 0.05) is 11.9 Å². The van der Waals surface area contributed by atoms with Crippen molar-refractivity contribution in [3.8, 4) is 0 Å². The summed E-state index contributed by atoms with van der Waals surface area (Å²) < 4.78 is 26.5. The molecular weight excluding hydrogens is 302 g/mol. The highest BCUT2D eigenvalue weighted by Crippen LogP contribution is 2.24. The zero-order valence-corrected chi connectivity index (χ0v) is 13.0. The Balaban J connectivity index is 2.29. The van der Waals surface area contributed by atoms with Gasteiger partial charge in [-0.05, 0) is 31.1 Å². The predicted octanol–water partition coefficient (Wildman–Crippen LogP) is 2.91. The largest absolute Gasteiger partial charge is 0.215 e. The fraction of sp³-hybridized carbons (Fsp3) is 1.00. The number of alkyl halides is 1. The van der Waals surface area contributed by atoms with Crippen LogP contribution in [0.4, 0.5) is 0 Å². The Morgan fingerprint density at radius 2 is 1.94 bits per heavy atom. The standard InChI is InChI=1S/C12H24BrNO2S/c1-11(7-8-13)9-14-17(15,16)10-12-5-3-2-4-6-12/h11-12,14H,2-10H2,1H3. The van der Waals surface area contributed by atoms with E-state index in [0.29, 0.717) is 24.1 Å². The van der Waals surface area contributed by atoms with Crippen LogP contribution < -0.4 is 4.72 Å². The molecule has 1 aliphatic rings. The monoisotopic (exact) mass is 325 g/mol. The molecule has 1 rings (SSSR count). The minimum atomic E-state index is -3.06. The summed E-state index contributed by atoms with van der Waals surface area (Å²) >= 11 is 3.37. The third-order valence-electron chi connectivity index (χ3n) is 3.43. The Morgan fingerprint density at radius 1 is 1.29 bits per heavy atom. The highest BCUT2D eigenvalue weighted by atomic mass is 79.9. The predicted molar refractivity (Wildman–Crippen MR) is 75.9 cm³/mol. The second-order valence-electron chi connectivity index (χ2n) is 5.22. The van der Waals surface area contributed by atoms with Crippen LogP contribution in [0.1, 0.15) is 45.4 Å². The molecule has 0 aromatic heterocycles. The normalized spacial score (nSPS) is 20.4. The Kier molecular flexibility index (Phi) is 7.04. The molecule has 102 valence electrons. The van der Waals surface area contributed by atoms with Gasteiger partial charge in [0.2, 0.25) is 10.0 Å². The van der Waals surface area contributed by atoms with Crippen LogP contribution in [0, 0.1) is 11.8 Å². The van der Waals surface area contributed by atoms with Crippen molar-refractivity contribution in [3.05, 3.63) is 0 Å². The highest BCUT2D eigenvalue weighted by molar-refractivity contribution is 9.09. The molecule has 3 nitrogen and oxygen atoms in total. The van der Waals surface area contributed by atoms with E-state index in [0.717, 1.165) is 24.6 Å². The zero-order chi connectivity index (χ0) is 12.7. The maximum Gasteiger partial charge on any atom is 0.211 e. The van der Waals surface area contributed by atoms with Crippen LogP contribution in [0.2, 0.25) is 0 Å². The van der Waals surface area contributed by atoms with Crippen LogP contribution in [-0.4, -0.2) is 26.0 Å². The van der Waals surface area contributed by atoms with Gasteiger partial charge in [0.05, 0.1) is 5.75 Å². The first kappa shape index (κ1) is 15.4. The minimum Gasteiger partial charge on any atom is -0.215 e. The second-order valence-corrected chi connectivity index (χ2v) is 7.86. The van der Waals surface area contributed by atoms with Gasteiger partial charge < -0.3 is 0 Å². The Hall–Kier alpha value is 0.390. The van der Waals surface area contributed by atoms with E-state index in [-0.39, 0.29) is 0 Å². The van der Waals surface area contributed by atoms with Crippen LogP contribution in [0.3, 0.4) is 0 Å². The Labute approximate surface area is 114 Å². The smallest absolute Gasteiger partial charge is 0.211 e. The van der Waals surface area contributed by atoms with Crippen LogP contribution in [0.15, 0.2) is 0 Å². The summed E-state index contributed by atoms with van der Waals surface area (Å²) in [6.45, 7) is 2.64. The van der Waals surface area contributed by atoms with E-state index >= 15 is 0 Å². The first-order valence-electron chi connectivity index (χ1n) is 6.57. The van der Waals surface area contributed by atoms with E-state index in [4.69, 9.17) is 0 Å². The van der Waals surface area contributed by atoms with Crippen molar-refractivity contribution in [2.24, 2.45) is 11.8 Å². The molecule has 1 aliphatic carbocycles. The summed E-state index contributed by atoms with van der Waals surface area (Å²) in [5.41, 5.74) is 0. The molecule has 0 aromatic carbocycles. The van der Waals surface area contributed by atoms with Crippen LogP contribution in [0.25, 0.3) is 0 Å². The number of halogens is 1. The van der Waals surface area contributed by atoms with Crippen molar-refractivity contribution in [2.45, 2.75) is 45.4 Å². The Bertz CT molecular complexity index is 300. The lowest BCUT2D eigenvalue weighted by Crippen LogP contribution is -2.33. The average molecular weight is 326 g/mol. The lowest BCUT2D eigenvalue weighted by Gasteiger charge is -2.21. The van der Waals surface area contributed by atoms with Crippen LogP contribution in [-0.2, 0) is 10.0 Å². The minimum absolute atomic E-state index is 0.327. The van der Waals surface area contributed by atoms with Gasteiger partial charge in [-0.2, -0.15) is 0 Å². The van der Waals surface area contributed by atoms with Gasteiger partial charge in [0.15, 0.2) is 0 Å². The van der Waals surface area contributed by atoms with E-state index in [1.165, 1.54) is 19.3 Å². The molecular formula is C12H24BrNO2S. The topological polar surface area (TPSA) is 46.2 Å². The van der Waals surface area contributed by atoms with Gasteiger partial charge in [-0.1, -0.05) is 42.1 Å². The van der Waals surface area contributed by atoms with Crippen LogP contribution >= 0.6 is 15.9 Å². The SMILES string of the molecule is CC(CCBr)CNS(=O)(=O)CC1CCCCC1. The molecule has 0 aliphatic heterocycles. The van der Waals surface area contributed by atoms with Gasteiger partial charge >= 0.3 is 0 Å². The van der Waals surface area contributed by atoms with E-state index in [2.05, 4.69) is 27.6 Å². The lowest BCUT2D eigenvalue weighted by molar-refractivity contribution is 0.383. The molecule has 0 amide bonds. The van der Waals surface area contributed by atoms with Gasteiger partial charge in [-0.15, -0.1) is 0 Å². The van der Waals surface area contributed by atoms with E-state index in [1.54, 1.807) is 0 Å². The quantitative estimate of drug-likeness (QED) is 0.731. The van der Waals surface area contributed by atoms with E-state index < -0.39 is 10.0 Å². The molecule has 17 heavy (non-hydrogen) atoms. The maximum absolute atomic E-state index is 11.9.